The zero-order chi connectivity index (χ0) is 19.3. The van der Waals surface area contributed by atoms with Gasteiger partial charge in [0.1, 0.15) is 5.39 Å². The molecule has 140 valence electrons. The molecule has 0 saturated carbocycles. The summed E-state index contributed by atoms with van der Waals surface area (Å²) in [5, 5.41) is 8.28. The summed E-state index contributed by atoms with van der Waals surface area (Å²) in [4.78, 5) is 20.2. The normalized spacial score (nSPS) is 17.6. The second-order valence-electron chi connectivity index (χ2n) is 7.92. The van der Waals surface area contributed by atoms with Crippen LogP contribution in [0, 0.1) is 0 Å². The summed E-state index contributed by atoms with van der Waals surface area (Å²) in [6.45, 7) is 4.49. The van der Waals surface area contributed by atoms with Gasteiger partial charge in [0.15, 0.2) is 5.65 Å². The van der Waals surface area contributed by atoms with Gasteiger partial charge in [-0.3, -0.25) is 9.78 Å². The van der Waals surface area contributed by atoms with E-state index in [-0.39, 0.29) is 17.0 Å². The molecule has 0 aliphatic heterocycles. The molecule has 6 heteroatoms. The Morgan fingerprint density at radius 1 is 1.11 bits per heavy atom. The topological polar surface area (TPSA) is 75.6 Å². The predicted molar refractivity (Wildman–Crippen MR) is 110 cm³/mol. The van der Waals surface area contributed by atoms with Crippen molar-refractivity contribution in [2.75, 3.05) is 5.32 Å². The number of aromatic amines is 1. The second-order valence-corrected chi connectivity index (χ2v) is 7.92. The van der Waals surface area contributed by atoms with E-state index in [0.717, 1.165) is 12.1 Å². The lowest BCUT2D eigenvalue weighted by atomic mass is 9.86. The van der Waals surface area contributed by atoms with Crippen molar-refractivity contribution in [3.8, 4) is 5.69 Å². The first-order valence-corrected chi connectivity index (χ1v) is 9.42. The maximum absolute atomic E-state index is 12.6. The summed E-state index contributed by atoms with van der Waals surface area (Å²) in [7, 11) is 0. The van der Waals surface area contributed by atoms with Gasteiger partial charge >= 0.3 is 0 Å². The maximum atomic E-state index is 12.6. The molecule has 4 aromatic rings. The summed E-state index contributed by atoms with van der Waals surface area (Å²) >= 11 is 0. The number of para-hydroxylation sites is 1. The first kappa shape index (κ1) is 16.7. The van der Waals surface area contributed by atoms with Crippen LogP contribution in [-0.4, -0.2) is 19.7 Å². The largest absolute Gasteiger partial charge is 0.349 e. The van der Waals surface area contributed by atoms with Crippen molar-refractivity contribution in [2.45, 2.75) is 31.7 Å². The molecule has 0 bridgehead atoms. The molecule has 1 aliphatic rings. The fraction of sp³-hybridized carbons (Fsp3) is 0.227. The molecule has 5 rings (SSSR count). The molecule has 28 heavy (non-hydrogen) atoms. The molecule has 6 nitrogen and oxygen atoms in total. The van der Waals surface area contributed by atoms with Crippen LogP contribution in [0.1, 0.15) is 37.4 Å². The minimum absolute atomic E-state index is 0.0739. The smallest absolute Gasteiger partial charge is 0.263 e. The molecule has 0 saturated heterocycles. The van der Waals surface area contributed by atoms with Gasteiger partial charge in [-0.25, -0.2) is 4.68 Å². The van der Waals surface area contributed by atoms with Crippen molar-refractivity contribution >= 4 is 17.0 Å². The zero-order valence-corrected chi connectivity index (χ0v) is 15.8. The van der Waals surface area contributed by atoms with E-state index in [1.54, 1.807) is 10.9 Å². The number of aromatic nitrogens is 4. The van der Waals surface area contributed by atoms with Crippen LogP contribution in [0.15, 0.2) is 65.6 Å². The van der Waals surface area contributed by atoms with Crippen LogP contribution in [0.2, 0.25) is 0 Å². The number of rotatable bonds is 3. The first-order chi connectivity index (χ1) is 13.5. The van der Waals surface area contributed by atoms with Gasteiger partial charge in [0.05, 0.1) is 17.9 Å². The average Bonchev–Trinajstić information content (AvgIpc) is 3.22. The van der Waals surface area contributed by atoms with Gasteiger partial charge in [0, 0.05) is 0 Å². The molecular formula is C22H21N5O. The van der Waals surface area contributed by atoms with Crippen LogP contribution in [0.4, 0.5) is 5.95 Å². The Hall–Kier alpha value is -3.41. The molecule has 0 spiro atoms. The number of fused-ring (bicyclic) bond motifs is 2. The van der Waals surface area contributed by atoms with E-state index >= 15 is 0 Å². The van der Waals surface area contributed by atoms with E-state index in [0.29, 0.717) is 17.0 Å². The van der Waals surface area contributed by atoms with Crippen LogP contribution in [0.25, 0.3) is 16.7 Å². The minimum atomic E-state index is -0.194. The van der Waals surface area contributed by atoms with Crippen molar-refractivity contribution in [1.82, 2.24) is 19.7 Å². The Balaban J connectivity index is 1.57. The molecule has 2 aromatic heterocycles. The molecule has 0 amide bonds. The third-order valence-electron chi connectivity index (χ3n) is 5.53. The highest BCUT2D eigenvalue weighted by molar-refractivity contribution is 5.76. The lowest BCUT2D eigenvalue weighted by Gasteiger charge is -2.19. The van der Waals surface area contributed by atoms with Gasteiger partial charge in [-0.15, -0.1) is 0 Å². The zero-order valence-electron chi connectivity index (χ0n) is 15.8. The Morgan fingerprint density at radius 3 is 2.68 bits per heavy atom. The van der Waals surface area contributed by atoms with Crippen LogP contribution in [-0.2, 0) is 5.41 Å². The molecule has 2 aromatic carbocycles. The fourth-order valence-corrected chi connectivity index (χ4v) is 4.19. The third-order valence-corrected chi connectivity index (χ3v) is 5.53. The highest BCUT2D eigenvalue weighted by atomic mass is 16.1. The summed E-state index contributed by atoms with van der Waals surface area (Å²) in [5.41, 5.74) is 3.89. The van der Waals surface area contributed by atoms with E-state index < -0.39 is 0 Å². The fourth-order valence-electron chi connectivity index (χ4n) is 4.19. The number of hydrogen-bond donors (Lipinski definition) is 2. The number of nitrogens with zero attached hydrogens (tertiary/aromatic N) is 3. The molecule has 2 heterocycles. The summed E-state index contributed by atoms with van der Waals surface area (Å²) < 4.78 is 1.70. The second kappa shape index (κ2) is 6.05. The first-order valence-electron chi connectivity index (χ1n) is 9.42. The maximum Gasteiger partial charge on any atom is 0.263 e. The van der Waals surface area contributed by atoms with E-state index in [4.69, 9.17) is 4.98 Å². The van der Waals surface area contributed by atoms with Crippen molar-refractivity contribution in [2.24, 2.45) is 0 Å². The lowest BCUT2D eigenvalue weighted by Crippen LogP contribution is -2.18. The van der Waals surface area contributed by atoms with Crippen LogP contribution in [0.3, 0.4) is 0 Å². The Bertz CT molecular complexity index is 1220. The van der Waals surface area contributed by atoms with Crippen LogP contribution >= 0.6 is 0 Å². The van der Waals surface area contributed by atoms with Crippen molar-refractivity contribution in [3.05, 3.63) is 82.3 Å². The number of benzene rings is 2. The quantitative estimate of drug-likeness (QED) is 0.572. The Kier molecular flexibility index (Phi) is 3.62. The molecule has 1 aliphatic carbocycles. The van der Waals surface area contributed by atoms with Gasteiger partial charge in [-0.2, -0.15) is 10.1 Å². The summed E-state index contributed by atoms with van der Waals surface area (Å²) in [5.74, 6) is 0.465. The van der Waals surface area contributed by atoms with Gasteiger partial charge in [-0.05, 0) is 35.1 Å². The molecule has 1 atom stereocenters. The van der Waals surface area contributed by atoms with Crippen LogP contribution in [0.5, 0.6) is 0 Å². The highest BCUT2D eigenvalue weighted by Gasteiger charge is 2.36. The molecule has 0 fully saturated rings. The van der Waals surface area contributed by atoms with Gasteiger partial charge in [0.25, 0.3) is 5.56 Å². The highest BCUT2D eigenvalue weighted by Crippen LogP contribution is 2.45. The molecule has 1 unspecified atom stereocenters. The minimum Gasteiger partial charge on any atom is -0.349 e. The third kappa shape index (κ3) is 2.60. The number of hydrogen-bond acceptors (Lipinski definition) is 4. The Labute approximate surface area is 162 Å². The van der Waals surface area contributed by atoms with E-state index in [1.807, 2.05) is 30.3 Å². The monoisotopic (exact) mass is 371 g/mol. The van der Waals surface area contributed by atoms with Crippen molar-refractivity contribution in [1.29, 1.82) is 0 Å². The van der Waals surface area contributed by atoms with Crippen molar-refractivity contribution in [3.63, 3.8) is 0 Å². The van der Waals surface area contributed by atoms with Gasteiger partial charge < -0.3 is 5.32 Å². The van der Waals surface area contributed by atoms with E-state index in [9.17, 15) is 4.79 Å². The number of nitrogens with one attached hydrogen (secondary N) is 2. The number of H-pyrrole nitrogens is 1. The van der Waals surface area contributed by atoms with Crippen LogP contribution < -0.4 is 10.9 Å². The van der Waals surface area contributed by atoms with Gasteiger partial charge in [-0.1, -0.05) is 56.3 Å². The SMILES string of the molecule is CC1(C)CC(Nc2nc3c(cnn3-c3ccccc3)c(=O)[nH]2)c2ccccc21. The lowest BCUT2D eigenvalue weighted by molar-refractivity contribution is 0.492. The predicted octanol–water partition coefficient (Wildman–Crippen LogP) is 3.94. The van der Waals surface area contributed by atoms with Gasteiger partial charge in [0.2, 0.25) is 5.95 Å². The van der Waals surface area contributed by atoms with E-state index in [1.165, 1.54) is 11.1 Å². The summed E-state index contributed by atoms with van der Waals surface area (Å²) in [6, 6.07) is 18.3. The van der Waals surface area contributed by atoms with E-state index in [2.05, 4.69) is 53.5 Å². The molecular weight excluding hydrogens is 350 g/mol. The molecule has 2 N–H and O–H groups in total. The molecule has 0 radical (unpaired) electrons. The standard InChI is InChI=1S/C22H21N5O/c1-22(2)12-18(15-10-6-7-11-17(15)22)24-21-25-19-16(20(28)26-21)13-23-27(19)14-8-4-3-5-9-14/h3-11,13,18H,12H2,1-2H3,(H2,24,25,26,28). The summed E-state index contributed by atoms with van der Waals surface area (Å²) in [6.07, 6.45) is 2.50. The average molecular weight is 371 g/mol. The van der Waals surface area contributed by atoms with Crippen molar-refractivity contribution < 1.29 is 0 Å². The Morgan fingerprint density at radius 2 is 1.86 bits per heavy atom. The number of anilines is 1.